The lowest BCUT2D eigenvalue weighted by molar-refractivity contribution is -0.352. The van der Waals surface area contributed by atoms with Gasteiger partial charge in [-0.2, -0.15) is 0 Å². The normalized spacial score (nSPS) is 49.6. The van der Waals surface area contributed by atoms with Gasteiger partial charge in [0, 0.05) is 51.1 Å². The Bertz CT molecular complexity index is 1670. The van der Waals surface area contributed by atoms with E-state index in [0.717, 1.165) is 19.3 Å². The van der Waals surface area contributed by atoms with Crippen LogP contribution in [0.15, 0.2) is 23.3 Å². The Morgan fingerprint density at radius 2 is 1.40 bits per heavy atom. The van der Waals surface area contributed by atoms with Crippen molar-refractivity contribution < 1.29 is 72.3 Å². The van der Waals surface area contributed by atoms with Gasteiger partial charge in [-0.25, -0.2) is 4.79 Å². The van der Waals surface area contributed by atoms with E-state index in [2.05, 4.69) is 13.0 Å². The Morgan fingerprint density at radius 3 is 2.00 bits per heavy atom. The molecule has 0 aromatic rings. The molecule has 7 rings (SSSR count). The van der Waals surface area contributed by atoms with Crippen molar-refractivity contribution in [3.8, 4) is 0 Å². The molecule has 3 saturated heterocycles. The molecule has 0 radical (unpaired) electrons. The van der Waals surface area contributed by atoms with Gasteiger partial charge in [0.2, 0.25) is 0 Å². The predicted molar refractivity (Wildman–Crippen MR) is 223 cm³/mol. The maximum atomic E-state index is 13.3. The van der Waals surface area contributed by atoms with Crippen molar-refractivity contribution >= 4 is 11.8 Å². The van der Waals surface area contributed by atoms with E-state index in [0.29, 0.717) is 44.1 Å². The molecule has 0 amide bonds. The van der Waals surface area contributed by atoms with Crippen LogP contribution in [0.5, 0.6) is 0 Å². The van der Waals surface area contributed by atoms with Crippen molar-refractivity contribution in [2.24, 2.45) is 28.6 Å². The Morgan fingerprint density at radius 1 is 0.774 bits per heavy atom. The molecule has 15 nitrogen and oxygen atoms in total. The summed E-state index contributed by atoms with van der Waals surface area (Å²) in [5.41, 5.74) is -0.439. The van der Waals surface area contributed by atoms with Crippen LogP contribution in [0.25, 0.3) is 0 Å². The second-order valence-electron chi connectivity index (χ2n) is 19.8. The number of aliphatic hydroxyl groups is 3. The van der Waals surface area contributed by atoms with E-state index in [1.165, 1.54) is 12.7 Å². The fourth-order valence-corrected chi connectivity index (χ4v) is 12.8. The zero-order valence-electron chi connectivity index (χ0n) is 38.7. The molecule has 62 heavy (non-hydrogen) atoms. The molecule has 12 unspecified atom stereocenters. The molecule has 0 bridgehead atoms. The fraction of sp³-hybridized carbons (Fsp3) is 0.872. The molecule has 21 atom stereocenters. The highest BCUT2D eigenvalue weighted by molar-refractivity contribution is 5.88. The molecule has 3 N–H and O–H groups in total. The van der Waals surface area contributed by atoms with Crippen molar-refractivity contribution in [2.45, 2.75) is 211 Å². The summed E-state index contributed by atoms with van der Waals surface area (Å²) in [5.74, 6) is -0.727. The summed E-state index contributed by atoms with van der Waals surface area (Å²) in [6, 6.07) is 0. The summed E-state index contributed by atoms with van der Waals surface area (Å²) in [7, 11) is 4.68. The third-order valence-corrected chi connectivity index (χ3v) is 16.6. The first-order valence-electron chi connectivity index (χ1n) is 23.0. The van der Waals surface area contributed by atoms with E-state index in [4.69, 9.17) is 47.4 Å². The molecule has 0 aromatic heterocycles. The average molecular weight is 879 g/mol. The van der Waals surface area contributed by atoms with Crippen LogP contribution in [-0.2, 0) is 57.0 Å². The largest absolute Gasteiger partial charge is 0.458 e. The fourth-order valence-electron chi connectivity index (χ4n) is 12.8. The van der Waals surface area contributed by atoms with Gasteiger partial charge in [-0.15, -0.1) is 0 Å². The lowest BCUT2D eigenvalue weighted by Gasteiger charge is -2.63. The number of ketones is 1. The summed E-state index contributed by atoms with van der Waals surface area (Å²) in [5, 5.41) is 34.1. The third-order valence-electron chi connectivity index (χ3n) is 16.6. The van der Waals surface area contributed by atoms with Gasteiger partial charge in [0.25, 0.3) is 0 Å². The molecular weight excluding hydrogens is 805 g/mol. The number of fused-ring (bicyclic) bond motifs is 5. The number of carbonyl (C=O) groups excluding carboxylic acids is 2. The number of ether oxygens (including phenoxy) is 10. The first-order valence-corrected chi connectivity index (χ1v) is 23.0. The van der Waals surface area contributed by atoms with Crippen LogP contribution in [0.3, 0.4) is 0 Å². The van der Waals surface area contributed by atoms with Crippen molar-refractivity contribution in [2.75, 3.05) is 21.3 Å². The van der Waals surface area contributed by atoms with E-state index in [1.807, 2.05) is 27.7 Å². The van der Waals surface area contributed by atoms with Crippen LogP contribution in [0.1, 0.15) is 113 Å². The van der Waals surface area contributed by atoms with E-state index in [1.54, 1.807) is 41.1 Å². The molecular formula is C47H74O15. The number of carbonyl (C=O) groups is 2. The van der Waals surface area contributed by atoms with Crippen LogP contribution in [0.2, 0.25) is 0 Å². The number of allylic oxidation sites excluding steroid dienone is 2. The number of methoxy groups -OCH3 is 3. The predicted octanol–water partition coefficient (Wildman–Crippen LogP) is 4.69. The molecule has 6 fully saturated rings. The van der Waals surface area contributed by atoms with Crippen LogP contribution in [-0.4, -0.2) is 146 Å². The van der Waals surface area contributed by atoms with Crippen LogP contribution in [0, 0.1) is 28.6 Å². The number of Topliss-reactive ketones (excluding diaryl/α,β-unsaturated/α-hetero) is 1. The first kappa shape index (κ1) is 48.1. The van der Waals surface area contributed by atoms with Gasteiger partial charge in [-0.05, 0) is 104 Å². The standard InChI is InChI=1S/C47H74O15/c1-12-23(2)43(51)60-35-20-32-31(47(52)18-16-30(24(3)48)46(35,47)8)14-13-28-19-29(15-17-45(28,32)7)59-36-21-33(53-9)40(26(5)56-36)61-37-22-34(54-10)41(27(6)57-37)62-44-39(50)42(55-11)38(49)25(4)58-44/h12-13,25-27,29-42,44,49-50,52H,14-22H2,1-11H3/t25?,26?,27?,29?,30?,31?,32?,33-,34-,35?,36+,37+,38-,39?,40-,41-,42+,44+,45?,46?,47?/m1/s1. The smallest absolute Gasteiger partial charge is 0.333 e. The second kappa shape index (κ2) is 18.8. The van der Waals surface area contributed by atoms with E-state index in [-0.39, 0.29) is 41.2 Å². The molecule has 15 heteroatoms. The Hall–Kier alpha value is -1.86. The molecule has 0 spiro atoms. The van der Waals surface area contributed by atoms with Gasteiger partial charge in [0.05, 0.1) is 42.2 Å². The van der Waals surface area contributed by atoms with Crippen LogP contribution >= 0.6 is 0 Å². The van der Waals surface area contributed by atoms with E-state index in [9.17, 15) is 24.9 Å². The zero-order chi connectivity index (χ0) is 45.1. The molecule has 7 aliphatic rings. The maximum Gasteiger partial charge on any atom is 0.333 e. The lowest BCUT2D eigenvalue weighted by Crippen LogP contribution is -2.66. The molecule has 3 saturated carbocycles. The Labute approximate surface area is 367 Å². The van der Waals surface area contributed by atoms with Crippen LogP contribution in [0.4, 0.5) is 0 Å². The quantitative estimate of drug-likeness (QED) is 0.139. The summed E-state index contributed by atoms with van der Waals surface area (Å²) in [6.45, 7) is 15.0. The van der Waals surface area contributed by atoms with Gasteiger partial charge < -0.3 is 62.7 Å². The highest BCUT2D eigenvalue weighted by Crippen LogP contribution is 2.68. The van der Waals surface area contributed by atoms with E-state index >= 15 is 0 Å². The maximum absolute atomic E-state index is 13.3. The highest BCUT2D eigenvalue weighted by Gasteiger charge is 2.71. The van der Waals surface area contributed by atoms with Crippen LogP contribution < -0.4 is 0 Å². The molecule has 0 aromatic carbocycles. The number of hydrogen-bond acceptors (Lipinski definition) is 15. The molecule has 352 valence electrons. The molecule has 3 heterocycles. The lowest BCUT2D eigenvalue weighted by atomic mass is 9.45. The number of esters is 1. The minimum absolute atomic E-state index is 0.0391. The minimum atomic E-state index is -1.22. The van der Waals surface area contributed by atoms with Gasteiger partial charge >= 0.3 is 5.97 Å². The van der Waals surface area contributed by atoms with Gasteiger partial charge in [0.1, 0.15) is 42.4 Å². The average Bonchev–Trinajstić information content (AvgIpc) is 3.53. The summed E-state index contributed by atoms with van der Waals surface area (Å²) >= 11 is 0. The summed E-state index contributed by atoms with van der Waals surface area (Å²) < 4.78 is 61.8. The highest BCUT2D eigenvalue weighted by atomic mass is 16.8. The van der Waals surface area contributed by atoms with Crippen molar-refractivity contribution in [1.29, 1.82) is 0 Å². The Kier molecular flexibility index (Phi) is 14.6. The molecule has 3 aliphatic heterocycles. The SMILES string of the molecule is CC=C(C)C(=O)OC1CC2C(CC=C3CC(O[C@H]4C[C@@H](OC)[C@H](O[C@H]5C[C@@H](OC)[C@H](O[C@@H]6OC(C)[C@@H](O)[C@H](OC)C6O)C(C)O5)C(C)O4)CCC32C)C2(O)CCC(C(C)=O)C12C. The van der Waals surface area contributed by atoms with Gasteiger partial charge in [-0.3, -0.25) is 4.79 Å². The third kappa shape index (κ3) is 8.42. The topological polar surface area (TPSA) is 187 Å². The summed E-state index contributed by atoms with van der Waals surface area (Å²) in [4.78, 5) is 26.4. The summed E-state index contributed by atoms with van der Waals surface area (Å²) in [6.07, 6.45) is 0.173. The minimum Gasteiger partial charge on any atom is -0.458 e. The van der Waals surface area contributed by atoms with Crippen molar-refractivity contribution in [1.82, 2.24) is 0 Å². The van der Waals surface area contributed by atoms with E-state index < -0.39 is 96.9 Å². The van der Waals surface area contributed by atoms with Gasteiger partial charge in [-0.1, -0.05) is 31.6 Å². The van der Waals surface area contributed by atoms with Crippen molar-refractivity contribution in [3.63, 3.8) is 0 Å². The van der Waals surface area contributed by atoms with Gasteiger partial charge in [0.15, 0.2) is 18.9 Å². The van der Waals surface area contributed by atoms with Crippen molar-refractivity contribution in [3.05, 3.63) is 23.3 Å². The number of hydrogen-bond donors (Lipinski definition) is 3. The zero-order valence-corrected chi connectivity index (χ0v) is 38.7. The second-order valence-corrected chi connectivity index (χ2v) is 19.8. The molecule has 4 aliphatic carbocycles. The Balaban J connectivity index is 0.980. The monoisotopic (exact) mass is 879 g/mol. The number of aliphatic hydroxyl groups excluding tert-OH is 2. The number of rotatable bonds is 12. The first-order chi connectivity index (χ1) is 29.3.